The van der Waals surface area contributed by atoms with Crippen LogP contribution in [0, 0.1) is 23.7 Å². The van der Waals surface area contributed by atoms with E-state index < -0.39 is 5.63 Å². The van der Waals surface area contributed by atoms with Gasteiger partial charge in [0.1, 0.15) is 11.3 Å². The first-order valence-electron chi connectivity index (χ1n) is 8.99. The zero-order valence-corrected chi connectivity index (χ0v) is 14.9. The van der Waals surface area contributed by atoms with Crippen molar-refractivity contribution in [3.8, 4) is 6.07 Å². The fourth-order valence-electron chi connectivity index (χ4n) is 3.66. The van der Waals surface area contributed by atoms with Gasteiger partial charge >= 0.3 is 5.63 Å². The number of hydrogen-bond acceptors (Lipinski definition) is 5. The molecule has 2 aliphatic heterocycles. The lowest BCUT2D eigenvalue weighted by atomic mass is 9.82. The fraction of sp³-hybridized carbons (Fsp3) is 0.632. The number of carbonyl (C=O) groups excluding carboxylic acids is 1. The minimum Gasteiger partial charge on any atom is -0.427 e. The molecule has 0 aliphatic carbocycles. The summed E-state index contributed by atoms with van der Waals surface area (Å²) in [6, 6.07) is 4.16. The van der Waals surface area contributed by atoms with Crippen molar-refractivity contribution in [2.75, 3.05) is 26.2 Å². The van der Waals surface area contributed by atoms with E-state index >= 15 is 0 Å². The van der Waals surface area contributed by atoms with E-state index in [0.29, 0.717) is 37.3 Å². The van der Waals surface area contributed by atoms with Crippen molar-refractivity contribution in [3.05, 3.63) is 33.4 Å². The number of nitrogens with one attached hydrogen (secondary N) is 1. The number of piperidine rings is 2. The lowest BCUT2D eigenvalue weighted by Crippen LogP contribution is -2.43. The quantitative estimate of drug-likeness (QED) is 0.889. The number of likely N-dealkylation sites (tertiary alicyclic amines) is 1. The van der Waals surface area contributed by atoms with Crippen LogP contribution in [0.15, 0.2) is 15.3 Å². The van der Waals surface area contributed by atoms with Crippen LogP contribution in [0.5, 0.6) is 0 Å². The molecule has 6 heteroatoms. The predicted molar refractivity (Wildman–Crippen MR) is 93.4 cm³/mol. The van der Waals surface area contributed by atoms with Crippen LogP contribution in [0.3, 0.4) is 0 Å². The topological polar surface area (TPSA) is 86.3 Å². The van der Waals surface area contributed by atoms with Gasteiger partial charge < -0.3 is 14.6 Å². The van der Waals surface area contributed by atoms with Crippen molar-refractivity contribution in [3.63, 3.8) is 0 Å². The summed E-state index contributed by atoms with van der Waals surface area (Å²) in [6.07, 6.45) is 3.30. The normalized spacial score (nSPS) is 23.1. The number of nitriles is 1. The van der Waals surface area contributed by atoms with E-state index in [4.69, 9.17) is 4.42 Å². The highest BCUT2D eigenvalue weighted by atomic mass is 16.4. The van der Waals surface area contributed by atoms with Gasteiger partial charge in [0, 0.05) is 25.6 Å². The molecule has 2 fully saturated rings. The van der Waals surface area contributed by atoms with Gasteiger partial charge in [-0.25, -0.2) is 4.79 Å². The third-order valence-electron chi connectivity index (χ3n) is 5.51. The lowest BCUT2D eigenvalue weighted by Gasteiger charge is -2.35. The Hall–Kier alpha value is -2.13. The second-order valence-corrected chi connectivity index (χ2v) is 7.50. The molecule has 0 spiro atoms. The smallest absolute Gasteiger partial charge is 0.349 e. The maximum absolute atomic E-state index is 12.8. The highest BCUT2D eigenvalue weighted by molar-refractivity contribution is 5.95. The van der Waals surface area contributed by atoms with E-state index in [1.165, 1.54) is 0 Å². The molecule has 1 N–H and O–H groups in total. The first-order valence-corrected chi connectivity index (χ1v) is 8.99. The molecular formula is C19H25N3O3. The summed E-state index contributed by atoms with van der Waals surface area (Å²) in [6.45, 7) is 6.50. The molecule has 0 bridgehead atoms. The molecule has 1 aromatic heterocycles. The number of rotatable bonds is 2. The zero-order chi connectivity index (χ0) is 18.0. The minimum atomic E-state index is -0.542. The molecule has 1 unspecified atom stereocenters. The first kappa shape index (κ1) is 17.7. The van der Waals surface area contributed by atoms with Crippen molar-refractivity contribution in [2.24, 2.45) is 5.41 Å². The molecule has 1 aromatic rings. The van der Waals surface area contributed by atoms with Crippen LogP contribution < -0.4 is 10.9 Å². The summed E-state index contributed by atoms with van der Waals surface area (Å²) in [5.41, 5.74) is -0.114. The van der Waals surface area contributed by atoms with Gasteiger partial charge in [0.2, 0.25) is 0 Å². The molecule has 3 rings (SSSR count). The molecule has 0 saturated carbocycles. The van der Waals surface area contributed by atoms with E-state index in [0.717, 1.165) is 25.9 Å². The van der Waals surface area contributed by atoms with E-state index in [1.807, 2.05) is 13.0 Å². The lowest BCUT2D eigenvalue weighted by molar-refractivity contribution is 0.0655. The summed E-state index contributed by atoms with van der Waals surface area (Å²) in [5.74, 6) is 0.581. The Morgan fingerprint density at radius 2 is 2.16 bits per heavy atom. The SMILES string of the molecule is Cc1cc(C2CCCNC2)oc(=O)c1C(=O)N1CCC(C)(C#N)CC1. The van der Waals surface area contributed by atoms with Crippen molar-refractivity contribution in [1.29, 1.82) is 5.26 Å². The van der Waals surface area contributed by atoms with Gasteiger partial charge in [-0.05, 0) is 57.7 Å². The monoisotopic (exact) mass is 343 g/mol. The molecule has 1 atom stereocenters. The number of amides is 1. The molecule has 0 radical (unpaired) electrons. The number of aryl methyl sites for hydroxylation is 1. The average Bonchev–Trinajstić information content (AvgIpc) is 2.62. The highest BCUT2D eigenvalue weighted by Crippen LogP contribution is 2.30. The second-order valence-electron chi connectivity index (χ2n) is 7.50. The predicted octanol–water partition coefficient (Wildman–Crippen LogP) is 2.18. The Bertz CT molecular complexity index is 748. The van der Waals surface area contributed by atoms with Crippen LogP contribution in [0.2, 0.25) is 0 Å². The third-order valence-corrected chi connectivity index (χ3v) is 5.51. The average molecular weight is 343 g/mol. The molecule has 6 nitrogen and oxygen atoms in total. The first-order chi connectivity index (χ1) is 11.9. The maximum Gasteiger partial charge on any atom is 0.349 e. The van der Waals surface area contributed by atoms with Crippen LogP contribution in [-0.4, -0.2) is 37.0 Å². The number of carbonyl (C=O) groups is 1. The molecule has 3 heterocycles. The van der Waals surface area contributed by atoms with Gasteiger partial charge in [0.15, 0.2) is 0 Å². The van der Waals surface area contributed by atoms with Gasteiger partial charge in [-0.2, -0.15) is 5.26 Å². The molecule has 0 aromatic carbocycles. The van der Waals surface area contributed by atoms with Gasteiger partial charge in [-0.1, -0.05) is 0 Å². The van der Waals surface area contributed by atoms with Gasteiger partial charge in [0.05, 0.1) is 11.5 Å². The Morgan fingerprint density at radius 3 is 2.72 bits per heavy atom. The summed E-state index contributed by atoms with van der Waals surface area (Å²) in [5, 5.41) is 12.5. The van der Waals surface area contributed by atoms with Crippen LogP contribution >= 0.6 is 0 Å². The second kappa shape index (κ2) is 7.01. The van der Waals surface area contributed by atoms with E-state index in [2.05, 4.69) is 11.4 Å². The molecule has 2 aliphatic rings. The molecule has 2 saturated heterocycles. The minimum absolute atomic E-state index is 0.132. The van der Waals surface area contributed by atoms with Crippen molar-refractivity contribution < 1.29 is 9.21 Å². The summed E-state index contributed by atoms with van der Waals surface area (Å²) < 4.78 is 5.51. The molecule has 25 heavy (non-hydrogen) atoms. The van der Waals surface area contributed by atoms with Gasteiger partial charge in [0.25, 0.3) is 5.91 Å². The van der Waals surface area contributed by atoms with Crippen molar-refractivity contribution in [1.82, 2.24) is 10.2 Å². The largest absolute Gasteiger partial charge is 0.427 e. The molecule has 134 valence electrons. The zero-order valence-electron chi connectivity index (χ0n) is 14.9. The van der Waals surface area contributed by atoms with Crippen LogP contribution in [0.25, 0.3) is 0 Å². The molecular weight excluding hydrogens is 318 g/mol. The highest BCUT2D eigenvalue weighted by Gasteiger charge is 2.33. The fourth-order valence-corrected chi connectivity index (χ4v) is 3.66. The Labute approximate surface area is 147 Å². The standard InChI is InChI=1S/C19H25N3O3/c1-13-10-15(14-4-3-7-21-11-14)25-18(24)16(13)17(23)22-8-5-19(2,12-20)6-9-22/h10,14,21H,3-9,11H2,1-2H3. The Morgan fingerprint density at radius 1 is 1.44 bits per heavy atom. The number of hydrogen-bond donors (Lipinski definition) is 1. The Kier molecular flexibility index (Phi) is 4.96. The summed E-state index contributed by atoms with van der Waals surface area (Å²) in [4.78, 5) is 27.0. The third kappa shape index (κ3) is 3.62. The number of nitrogens with zero attached hydrogens (tertiary/aromatic N) is 2. The van der Waals surface area contributed by atoms with E-state index in [1.54, 1.807) is 11.8 Å². The molecule has 1 amide bonds. The summed E-state index contributed by atoms with van der Waals surface area (Å²) in [7, 11) is 0. The van der Waals surface area contributed by atoms with Gasteiger partial charge in [-0.15, -0.1) is 0 Å². The Balaban J connectivity index is 1.79. The van der Waals surface area contributed by atoms with Crippen LogP contribution in [0.4, 0.5) is 0 Å². The van der Waals surface area contributed by atoms with E-state index in [-0.39, 0.29) is 22.8 Å². The maximum atomic E-state index is 12.8. The van der Waals surface area contributed by atoms with Crippen molar-refractivity contribution in [2.45, 2.75) is 45.4 Å². The van der Waals surface area contributed by atoms with Crippen LogP contribution in [-0.2, 0) is 0 Å². The summed E-state index contributed by atoms with van der Waals surface area (Å²) >= 11 is 0. The van der Waals surface area contributed by atoms with Crippen LogP contribution in [0.1, 0.15) is 60.2 Å². The van der Waals surface area contributed by atoms with Crippen molar-refractivity contribution >= 4 is 5.91 Å². The van der Waals surface area contributed by atoms with E-state index in [9.17, 15) is 14.9 Å². The van der Waals surface area contributed by atoms with Gasteiger partial charge in [-0.3, -0.25) is 4.79 Å².